The molecule has 2 aliphatic heterocycles. The highest BCUT2D eigenvalue weighted by molar-refractivity contribution is 5.74. The third-order valence-corrected chi connectivity index (χ3v) is 5.34. The summed E-state index contributed by atoms with van der Waals surface area (Å²) in [5.41, 5.74) is 0. The minimum Gasteiger partial charge on any atom is -0.376 e. The Morgan fingerprint density at radius 3 is 2.54 bits per heavy atom. The average molecular weight is 340 g/mol. The van der Waals surface area contributed by atoms with Crippen molar-refractivity contribution in [1.82, 2.24) is 10.2 Å². The number of hydrogen-bond donors (Lipinski definition) is 1. The fourth-order valence-corrected chi connectivity index (χ4v) is 3.92. The van der Waals surface area contributed by atoms with Gasteiger partial charge < -0.3 is 24.4 Å². The van der Waals surface area contributed by atoms with Crippen molar-refractivity contribution >= 4 is 6.03 Å². The molecule has 6 heteroatoms. The minimum absolute atomic E-state index is 0.000335. The first-order valence-corrected chi connectivity index (χ1v) is 9.63. The van der Waals surface area contributed by atoms with Crippen molar-refractivity contribution in [2.75, 3.05) is 32.8 Å². The number of nitrogens with zero attached hydrogens (tertiary/aromatic N) is 1. The van der Waals surface area contributed by atoms with Crippen LogP contribution >= 0.6 is 0 Å². The number of nitrogens with one attached hydrogen (secondary N) is 1. The van der Waals surface area contributed by atoms with Gasteiger partial charge in [-0.05, 0) is 19.8 Å². The molecular weight excluding hydrogens is 308 g/mol. The number of likely N-dealkylation sites (tertiary alicyclic amines) is 1. The molecule has 2 saturated heterocycles. The molecule has 2 amide bonds. The molecule has 138 valence electrons. The van der Waals surface area contributed by atoms with Crippen molar-refractivity contribution in [3.63, 3.8) is 0 Å². The highest BCUT2D eigenvalue weighted by Gasteiger charge is 2.43. The van der Waals surface area contributed by atoms with Crippen LogP contribution in [0.3, 0.4) is 0 Å². The van der Waals surface area contributed by atoms with Gasteiger partial charge in [0.15, 0.2) is 5.79 Å². The fraction of sp³-hybridized carbons (Fsp3) is 0.944. The Bertz CT molecular complexity index is 402. The summed E-state index contributed by atoms with van der Waals surface area (Å²) in [4.78, 5) is 14.1. The highest BCUT2D eigenvalue weighted by atomic mass is 16.7. The average Bonchev–Trinajstić information content (AvgIpc) is 2.78. The largest absolute Gasteiger partial charge is 0.376 e. The number of amides is 2. The summed E-state index contributed by atoms with van der Waals surface area (Å²) in [7, 11) is 0. The van der Waals surface area contributed by atoms with Gasteiger partial charge >= 0.3 is 6.03 Å². The molecule has 1 saturated carbocycles. The van der Waals surface area contributed by atoms with Crippen molar-refractivity contribution in [2.24, 2.45) is 0 Å². The van der Waals surface area contributed by atoms with E-state index in [9.17, 15) is 4.79 Å². The van der Waals surface area contributed by atoms with E-state index in [1.807, 2.05) is 11.8 Å². The van der Waals surface area contributed by atoms with Gasteiger partial charge in [0, 0.05) is 32.5 Å². The Labute approximate surface area is 145 Å². The lowest BCUT2D eigenvalue weighted by Gasteiger charge is -2.37. The lowest BCUT2D eigenvalue weighted by Crippen LogP contribution is -2.50. The maximum absolute atomic E-state index is 12.2. The summed E-state index contributed by atoms with van der Waals surface area (Å²) in [5.74, 6) is -0.446. The number of carbonyl (C=O) groups is 1. The van der Waals surface area contributed by atoms with Crippen molar-refractivity contribution in [3.8, 4) is 0 Å². The molecule has 2 heterocycles. The predicted octanol–water partition coefficient (Wildman–Crippen LogP) is 2.66. The summed E-state index contributed by atoms with van der Waals surface area (Å²) in [6.07, 6.45) is 9.60. The van der Waals surface area contributed by atoms with Crippen LogP contribution in [0.2, 0.25) is 0 Å². The fourth-order valence-electron chi connectivity index (χ4n) is 3.92. The first kappa shape index (κ1) is 18.0. The van der Waals surface area contributed by atoms with Gasteiger partial charge in [-0.15, -0.1) is 0 Å². The number of ether oxygens (including phenoxy) is 3. The van der Waals surface area contributed by atoms with Crippen LogP contribution in [0.5, 0.6) is 0 Å². The van der Waals surface area contributed by atoms with Gasteiger partial charge in [0.1, 0.15) is 0 Å². The van der Waals surface area contributed by atoms with Crippen molar-refractivity contribution in [2.45, 2.75) is 76.3 Å². The first-order chi connectivity index (χ1) is 11.7. The molecule has 24 heavy (non-hydrogen) atoms. The maximum Gasteiger partial charge on any atom is 0.317 e. The molecule has 1 aliphatic carbocycles. The lowest BCUT2D eigenvalue weighted by atomic mass is 10.0. The first-order valence-electron chi connectivity index (χ1n) is 9.63. The summed E-state index contributed by atoms with van der Waals surface area (Å²) >= 11 is 0. The van der Waals surface area contributed by atoms with Gasteiger partial charge in [-0.25, -0.2) is 4.79 Å². The number of urea groups is 1. The molecular formula is C18H32N2O4. The van der Waals surface area contributed by atoms with E-state index in [1.165, 1.54) is 38.5 Å². The summed E-state index contributed by atoms with van der Waals surface area (Å²) in [5, 5.41) is 2.98. The van der Waals surface area contributed by atoms with Crippen molar-refractivity contribution < 1.29 is 19.0 Å². The molecule has 3 aliphatic rings. The van der Waals surface area contributed by atoms with E-state index in [-0.39, 0.29) is 12.1 Å². The number of rotatable bonds is 4. The Morgan fingerprint density at radius 2 is 1.92 bits per heavy atom. The van der Waals surface area contributed by atoms with Crippen LogP contribution in [0.25, 0.3) is 0 Å². The van der Waals surface area contributed by atoms with Gasteiger partial charge in [-0.3, -0.25) is 0 Å². The molecule has 0 bridgehead atoms. The molecule has 0 unspecified atom stereocenters. The Hall–Kier alpha value is -0.850. The van der Waals surface area contributed by atoms with Gasteiger partial charge in [0.25, 0.3) is 0 Å². The molecule has 1 atom stereocenters. The predicted molar refractivity (Wildman–Crippen MR) is 90.9 cm³/mol. The number of hydrogen-bond acceptors (Lipinski definition) is 4. The molecule has 1 spiro atoms. The highest BCUT2D eigenvalue weighted by Crippen LogP contribution is 2.33. The zero-order valence-electron chi connectivity index (χ0n) is 14.9. The van der Waals surface area contributed by atoms with E-state index in [0.29, 0.717) is 39.0 Å². The summed E-state index contributed by atoms with van der Waals surface area (Å²) < 4.78 is 17.6. The molecule has 0 aromatic carbocycles. The molecule has 3 rings (SSSR count). The summed E-state index contributed by atoms with van der Waals surface area (Å²) in [6.45, 7) is 5.25. The van der Waals surface area contributed by atoms with E-state index in [4.69, 9.17) is 14.2 Å². The second-order valence-corrected chi connectivity index (χ2v) is 7.35. The van der Waals surface area contributed by atoms with Crippen molar-refractivity contribution in [3.05, 3.63) is 0 Å². The standard InChI is InChI=1S/C18H32N2O4/c1-15-14-23-18(24-15)8-11-20(12-9-18)17(21)19-10-13-22-16-6-4-2-3-5-7-16/h15-16H,2-14H2,1H3,(H,19,21)/t15-/m1/s1. The maximum atomic E-state index is 12.2. The van der Waals surface area contributed by atoms with Gasteiger partial charge in [-0.1, -0.05) is 25.7 Å². The topological polar surface area (TPSA) is 60.0 Å². The van der Waals surface area contributed by atoms with Crippen LogP contribution in [-0.2, 0) is 14.2 Å². The Morgan fingerprint density at radius 1 is 1.21 bits per heavy atom. The molecule has 0 aromatic rings. The molecule has 6 nitrogen and oxygen atoms in total. The van der Waals surface area contributed by atoms with Gasteiger partial charge in [-0.2, -0.15) is 0 Å². The van der Waals surface area contributed by atoms with Crippen LogP contribution in [0.1, 0.15) is 58.3 Å². The van der Waals surface area contributed by atoms with Gasteiger partial charge in [0.05, 0.1) is 25.4 Å². The molecule has 1 N–H and O–H groups in total. The smallest absolute Gasteiger partial charge is 0.317 e. The minimum atomic E-state index is -0.446. The SMILES string of the molecule is C[C@@H]1COC2(CCN(C(=O)NCCOC3CCCCCC3)CC2)O1. The molecule has 0 radical (unpaired) electrons. The van der Waals surface area contributed by atoms with Crippen molar-refractivity contribution in [1.29, 1.82) is 0 Å². The van der Waals surface area contributed by atoms with E-state index in [2.05, 4.69) is 5.32 Å². The van der Waals surface area contributed by atoms with Crippen LogP contribution in [-0.4, -0.2) is 61.8 Å². The van der Waals surface area contributed by atoms with E-state index in [1.54, 1.807) is 0 Å². The quantitative estimate of drug-likeness (QED) is 0.631. The number of piperidine rings is 1. The Kier molecular flexibility index (Phi) is 6.36. The normalized spacial score (nSPS) is 28.0. The zero-order valence-corrected chi connectivity index (χ0v) is 14.9. The van der Waals surface area contributed by atoms with Crippen LogP contribution in [0.15, 0.2) is 0 Å². The third kappa shape index (κ3) is 4.83. The second kappa shape index (κ2) is 8.50. The Balaban J connectivity index is 1.30. The van der Waals surface area contributed by atoms with E-state index < -0.39 is 5.79 Å². The van der Waals surface area contributed by atoms with Crippen LogP contribution in [0.4, 0.5) is 4.79 Å². The van der Waals surface area contributed by atoms with Crippen LogP contribution < -0.4 is 5.32 Å². The van der Waals surface area contributed by atoms with Crippen LogP contribution in [0, 0.1) is 0 Å². The summed E-state index contributed by atoms with van der Waals surface area (Å²) in [6, 6.07) is 0.000335. The zero-order chi connectivity index (χ0) is 16.8. The third-order valence-electron chi connectivity index (χ3n) is 5.34. The molecule has 3 fully saturated rings. The van der Waals surface area contributed by atoms with E-state index in [0.717, 1.165) is 12.8 Å². The molecule has 0 aromatic heterocycles. The lowest BCUT2D eigenvalue weighted by molar-refractivity contribution is -0.189. The second-order valence-electron chi connectivity index (χ2n) is 7.35. The van der Waals surface area contributed by atoms with E-state index >= 15 is 0 Å². The number of carbonyl (C=O) groups excluding carboxylic acids is 1. The monoisotopic (exact) mass is 340 g/mol. The van der Waals surface area contributed by atoms with Gasteiger partial charge in [0.2, 0.25) is 0 Å².